The van der Waals surface area contributed by atoms with Crippen molar-refractivity contribution in [3.05, 3.63) is 108 Å². The molecule has 10 heterocycles. The molecule has 5 amide bonds. The quantitative estimate of drug-likeness (QED) is 0.00507. The van der Waals surface area contributed by atoms with Crippen molar-refractivity contribution in [2.45, 2.75) is 225 Å². The van der Waals surface area contributed by atoms with Crippen LogP contribution in [0.25, 0.3) is 33.3 Å². The highest BCUT2D eigenvalue weighted by molar-refractivity contribution is 6.39. The molecule has 15 atom stereocenters. The minimum Gasteiger partial charge on any atom is -0.459 e. The van der Waals surface area contributed by atoms with Crippen molar-refractivity contribution in [2.75, 3.05) is 130 Å². The molecule has 39 heteroatoms. The molecule has 0 unspecified atom stereocenters. The van der Waals surface area contributed by atoms with Gasteiger partial charge in [-0.15, -0.1) is 0 Å². The van der Waals surface area contributed by atoms with Crippen LogP contribution in [0.3, 0.4) is 0 Å². The van der Waals surface area contributed by atoms with Gasteiger partial charge in [-0.2, -0.15) is 5.10 Å². The third-order valence-electron chi connectivity index (χ3n) is 26.2. The number of alkyl carbamates (subject to hydrolysis) is 1. The summed E-state index contributed by atoms with van der Waals surface area (Å²) in [5, 5.41) is 49.7. The van der Waals surface area contributed by atoms with Gasteiger partial charge in [0.05, 0.1) is 56.5 Å². The lowest BCUT2D eigenvalue weighted by Gasteiger charge is -2.42. The minimum absolute atomic E-state index is 0.0104. The number of aromatic amines is 1. The number of Topliss-reactive ketones (excluding diaryl/α,β-unsaturated/α-hetero) is 3. The number of anilines is 2. The molecule has 5 aromatic rings. The number of aromatic nitrogens is 8. The molecule has 0 spiro atoms. The second-order valence-electron chi connectivity index (χ2n) is 36.0. The largest absolute Gasteiger partial charge is 0.459 e. The molecule has 39 nitrogen and oxygen atoms in total. The topological polar surface area (TPSA) is 506 Å². The first-order valence-electron chi connectivity index (χ1n) is 46.9. The summed E-state index contributed by atoms with van der Waals surface area (Å²) in [7, 11) is 3.04. The number of aliphatic hydroxyl groups is 3. The van der Waals surface area contributed by atoms with Crippen molar-refractivity contribution in [2.24, 2.45) is 45.3 Å². The number of cyclic esters (lactones) is 1. The number of piperazine rings is 2. The summed E-state index contributed by atoms with van der Waals surface area (Å²) in [5.41, 5.74) is 18.3. The van der Waals surface area contributed by atoms with E-state index in [-0.39, 0.29) is 100 Å². The van der Waals surface area contributed by atoms with Crippen LogP contribution in [0.15, 0.2) is 113 Å². The van der Waals surface area contributed by atoms with Gasteiger partial charge in [-0.3, -0.25) is 38.5 Å². The molecule has 5 fully saturated rings. The van der Waals surface area contributed by atoms with Gasteiger partial charge in [0.25, 0.3) is 11.7 Å². The normalized spacial score (nSPS) is 27.4. The molecule has 0 radical (unpaired) electrons. The Labute approximate surface area is 782 Å². The number of pyridine rings is 1. The lowest BCUT2D eigenvalue weighted by molar-refractivity contribution is -0.265. The Hall–Kier alpha value is -11.0. The number of H-pyrrole nitrogens is 1. The van der Waals surface area contributed by atoms with E-state index in [1.165, 1.54) is 32.6 Å². The van der Waals surface area contributed by atoms with Crippen molar-refractivity contribution >= 4 is 99.6 Å². The summed E-state index contributed by atoms with van der Waals surface area (Å²) in [6.45, 7) is 23.4. The number of nitrogens with one attached hydrogen (secondary N) is 4. The predicted molar refractivity (Wildman–Crippen MR) is 501 cm³/mol. The first-order chi connectivity index (χ1) is 64.4. The number of ketones is 3. The van der Waals surface area contributed by atoms with Gasteiger partial charge in [0, 0.05) is 202 Å². The number of hydrogen-bond donors (Lipinski definition) is 9. The van der Waals surface area contributed by atoms with E-state index in [9.17, 15) is 58.5 Å². The number of carbonyl (C=O) groups is 9. The predicted octanol–water partition coefficient (Wildman–Crippen LogP) is 5.96. The highest BCUT2D eigenvalue weighted by atomic mass is 16.6. The van der Waals surface area contributed by atoms with E-state index in [0.717, 1.165) is 40.2 Å². The van der Waals surface area contributed by atoms with Crippen LogP contribution in [-0.2, 0) is 84.6 Å². The van der Waals surface area contributed by atoms with Gasteiger partial charge in [-0.25, -0.2) is 49.2 Å². The van der Waals surface area contributed by atoms with Crippen molar-refractivity contribution in [3.8, 4) is 11.3 Å². The Bertz CT molecular complexity index is 5020. The van der Waals surface area contributed by atoms with Crippen LogP contribution in [-0.4, -0.2) is 320 Å². The number of amides is 5. The fraction of sp³-hybridized carbons (Fsp3) is 0.611. The van der Waals surface area contributed by atoms with Crippen LogP contribution in [0, 0.1) is 29.6 Å². The maximum absolute atomic E-state index is 14.7. The van der Waals surface area contributed by atoms with Crippen molar-refractivity contribution in [1.82, 2.24) is 75.2 Å². The monoisotopic (exact) mass is 1860 g/mol. The minimum atomic E-state index is -2.52. The zero-order valence-corrected chi connectivity index (χ0v) is 78.7. The molecule has 4 saturated heterocycles. The molecule has 5 aromatic heterocycles. The van der Waals surface area contributed by atoms with Crippen LogP contribution < -0.4 is 32.3 Å². The van der Waals surface area contributed by atoms with Crippen LogP contribution in [0.4, 0.5) is 16.6 Å². The number of nitrogens with two attached hydrogens (primary N) is 2. The number of nitrogen functional groups attached to an aromatic ring is 1. The van der Waals surface area contributed by atoms with E-state index >= 15 is 0 Å². The molecular weight excluding hydrogens is 1730 g/mol. The van der Waals surface area contributed by atoms with Crippen LogP contribution >= 0.6 is 0 Å². The highest BCUT2D eigenvalue weighted by Gasteiger charge is 2.53. The second kappa shape index (κ2) is 50.5. The number of nitrogens with zero attached hydrogens (tertiary/aromatic N) is 14. The number of fused-ring (bicyclic) bond motifs is 5. The van der Waals surface area contributed by atoms with Gasteiger partial charge in [0.1, 0.15) is 59.7 Å². The summed E-state index contributed by atoms with van der Waals surface area (Å²) >= 11 is 0. The lowest BCUT2D eigenvalue weighted by Crippen LogP contribution is -2.61. The van der Waals surface area contributed by atoms with E-state index in [1.54, 1.807) is 53.4 Å². The number of piperidine rings is 1. The number of aliphatic hydroxyl groups excluding tert-OH is 2. The zero-order valence-electron chi connectivity index (χ0n) is 78.7. The summed E-state index contributed by atoms with van der Waals surface area (Å²) in [5.74, 6) is -8.65. The maximum atomic E-state index is 14.7. The molecular formula is C95H136N20O19. The molecule has 0 aromatic carbocycles. The number of aryl methyl sites for hydroxylation is 1. The van der Waals surface area contributed by atoms with Crippen molar-refractivity contribution < 1.29 is 91.6 Å². The molecule has 730 valence electrons. The fourth-order valence-corrected chi connectivity index (χ4v) is 17.9. The van der Waals surface area contributed by atoms with Gasteiger partial charge >= 0.3 is 12.1 Å². The second-order valence-corrected chi connectivity index (χ2v) is 36.0. The Morgan fingerprint density at radius 2 is 1.53 bits per heavy atom. The van der Waals surface area contributed by atoms with Gasteiger partial charge < -0.3 is 100 Å². The van der Waals surface area contributed by atoms with E-state index in [1.807, 2.05) is 81.9 Å². The molecule has 2 bridgehead atoms. The van der Waals surface area contributed by atoms with Gasteiger partial charge in [-0.1, -0.05) is 64.2 Å². The molecule has 134 heavy (non-hydrogen) atoms. The molecule has 6 aliphatic rings. The number of rotatable bonds is 29. The Balaban J connectivity index is 0.550. The lowest BCUT2D eigenvalue weighted by atomic mass is 9.80. The van der Waals surface area contributed by atoms with Gasteiger partial charge in [0.2, 0.25) is 35.4 Å². The Kier molecular flexibility index (Phi) is 39.0. The SMILES string of the molecule is C=N/C(=N\C=C(/C)C(=O)NCCCCn1nc(-c2cnc3[nH]ccc3c2)c2c(N)ncnc21)N1CCN(CCOCCC(=O)N2CCN(c3ncc(CNC(=O)CCOCCNC(=O)O[C@@H]4CC[C@@H](C[C@@H](N)[C@@H]5CC(=O)[C@H](C)/C=C(\C)[C@@H](O)[C@@H](O)C(=O)[C@H](C)C[C@H](C)/C=C/C=C/C=C(\C)[C@@H](OC)C[C@@H]6CC[C@@H](C)[C@@](O)(O6)C(=O)C(=O)N6CCCC[C@H]6C(=O)O5)C[C@H]4OC)cn3)CC2)CC1. The van der Waals surface area contributed by atoms with Gasteiger partial charge in [0.15, 0.2) is 11.4 Å². The van der Waals surface area contributed by atoms with Crippen molar-refractivity contribution in [3.63, 3.8) is 0 Å². The number of guanidine groups is 1. The van der Waals surface area contributed by atoms with E-state index in [4.69, 9.17) is 49.7 Å². The molecule has 5 aliphatic heterocycles. The number of aliphatic imine (C=N–C) groups is 2. The standard InChI is InChI=1S/C95H136N20O19/c1-59-18-12-11-13-19-60(2)75(128-9)51-70-23-21-65(7)95(127,134-70)85(122)90(124)114-31-16-14-20-72(114)91(125)132-76(52-73(116)61(3)47-63(5)83(120)84(121)82(119)62(4)46-59)71(96)48-66-22-24-74(77(49-66)129-10)133-94(126)101-30-44-130-42-26-78(117)102-54-67-55-105-93(106-56-67)113-39-37-111(38-40-113)79(118)27-43-131-45-41-110-33-35-112(36-34-110)92(98-8)104-53-64(6)89(123)100-28-15-17-32-115-88-80(86(97)107-58-108-88)81(109-115)69-50-68-25-29-99-87(68)103-57-69/h11-13,18-19,25,29,47,50,53,55-59,61-62,65-66,70-72,74-77,83-84,120-121,127H,8,14-17,20-24,26-28,30-46,48-49,51-52,54,96H2,1-7,9-10H3,(H,99,103)(H,100,123)(H,101,126)(H,102,117)(H2,97,107,108)/b13-11+,18-12+,60-19+,63-47+,64-53+,104-92+/t59-,61-,62-,65-,66+,70+,71-,72+,74-,75+,76+,77-,83-,84+,95-/m1/s1. The summed E-state index contributed by atoms with van der Waals surface area (Å²) in [6.07, 6.45) is 17.9. The molecule has 1 aliphatic carbocycles. The van der Waals surface area contributed by atoms with Crippen LogP contribution in [0.5, 0.6) is 0 Å². The Morgan fingerprint density at radius 1 is 0.776 bits per heavy atom. The average Bonchev–Trinajstić information content (AvgIpc) is 1.01. The number of allylic oxidation sites excluding steroid dienone is 6. The van der Waals surface area contributed by atoms with Crippen molar-refractivity contribution in [1.29, 1.82) is 0 Å². The first-order valence-corrected chi connectivity index (χ1v) is 46.9. The number of unbranched alkanes of at least 4 members (excludes halogenated alkanes) is 1. The maximum Gasteiger partial charge on any atom is 0.407 e. The molecule has 1 saturated carbocycles. The third kappa shape index (κ3) is 28.6. The van der Waals surface area contributed by atoms with Crippen LogP contribution in [0.2, 0.25) is 0 Å². The average molecular weight is 1860 g/mol. The number of hydrogen-bond acceptors (Lipinski definition) is 30. The van der Waals surface area contributed by atoms with Crippen LogP contribution in [0.1, 0.15) is 157 Å². The number of carbonyl (C=O) groups excluding carboxylic acids is 9. The summed E-state index contributed by atoms with van der Waals surface area (Å²) in [6, 6.07) is 1.66. The molecule has 11 rings (SSSR count). The highest BCUT2D eigenvalue weighted by Crippen LogP contribution is 2.39. The first kappa shape index (κ1) is 103. The number of esters is 1. The van der Waals surface area contributed by atoms with E-state index in [0.29, 0.717) is 182 Å². The summed E-state index contributed by atoms with van der Waals surface area (Å²) in [4.78, 5) is 167. The zero-order chi connectivity index (χ0) is 96.1. The Morgan fingerprint density at radius 3 is 2.28 bits per heavy atom. The van der Waals surface area contributed by atoms with E-state index in [2.05, 4.69) is 67.5 Å². The van der Waals surface area contributed by atoms with E-state index < -0.39 is 120 Å². The number of ether oxygens (including phenoxy) is 7. The smallest absolute Gasteiger partial charge is 0.407 e. The van der Waals surface area contributed by atoms with Gasteiger partial charge in [-0.05, 0) is 140 Å². The fourth-order valence-electron chi connectivity index (χ4n) is 17.9. The summed E-state index contributed by atoms with van der Waals surface area (Å²) < 4.78 is 43.4. The third-order valence-corrected chi connectivity index (χ3v) is 26.2. The number of methoxy groups -OCH3 is 2. The molecule has 11 N–H and O–H groups in total.